The van der Waals surface area contributed by atoms with Gasteiger partial charge >= 0.3 is 0 Å². The molecule has 0 aliphatic heterocycles. The number of hydrogen-bond acceptors (Lipinski definition) is 3. The molecule has 0 fully saturated rings. The summed E-state index contributed by atoms with van der Waals surface area (Å²) in [6, 6.07) is 4.27. The van der Waals surface area contributed by atoms with Crippen molar-refractivity contribution in [3.05, 3.63) is 41.4 Å². The maximum atomic E-state index is 12.0. The Bertz CT molecular complexity index is 404. The van der Waals surface area contributed by atoms with E-state index in [0.717, 1.165) is 0 Å². The van der Waals surface area contributed by atoms with E-state index in [0.29, 0.717) is 22.8 Å². The van der Waals surface area contributed by atoms with Crippen molar-refractivity contribution in [1.29, 1.82) is 0 Å². The molecule has 0 spiro atoms. The average molecular weight is 240 g/mol. The standard InChI is InChI=1S/C12H14ClNO2/c1-3-4-10(14)12(15)9-7-8(13)5-6-11(9)16-2/h3,5-7,10H,1,4,14H2,2H3. The fraction of sp³-hybridized carbons (Fsp3) is 0.250. The van der Waals surface area contributed by atoms with Gasteiger partial charge in [-0.25, -0.2) is 0 Å². The smallest absolute Gasteiger partial charge is 0.183 e. The Kier molecular flexibility index (Phi) is 4.52. The number of nitrogens with two attached hydrogens (primary N) is 1. The van der Waals surface area contributed by atoms with Crippen molar-refractivity contribution in [2.75, 3.05) is 7.11 Å². The number of halogens is 1. The Hall–Kier alpha value is -1.32. The fourth-order valence-corrected chi connectivity index (χ4v) is 1.53. The lowest BCUT2D eigenvalue weighted by atomic mass is 10.0. The molecule has 0 aliphatic carbocycles. The molecule has 86 valence electrons. The highest BCUT2D eigenvalue weighted by Gasteiger charge is 2.18. The average Bonchev–Trinajstić information content (AvgIpc) is 2.28. The van der Waals surface area contributed by atoms with E-state index in [4.69, 9.17) is 22.1 Å². The number of carbonyl (C=O) groups excluding carboxylic acids is 1. The highest BCUT2D eigenvalue weighted by atomic mass is 35.5. The van der Waals surface area contributed by atoms with Crippen molar-refractivity contribution < 1.29 is 9.53 Å². The molecule has 1 atom stereocenters. The normalized spacial score (nSPS) is 11.9. The Morgan fingerprint density at radius 2 is 2.38 bits per heavy atom. The van der Waals surface area contributed by atoms with Crippen LogP contribution in [0.4, 0.5) is 0 Å². The molecule has 2 N–H and O–H groups in total. The summed E-state index contributed by atoms with van der Waals surface area (Å²) in [5.41, 5.74) is 6.12. The van der Waals surface area contributed by atoms with E-state index in [1.54, 1.807) is 24.3 Å². The van der Waals surface area contributed by atoms with Crippen LogP contribution in [0.25, 0.3) is 0 Å². The topological polar surface area (TPSA) is 52.3 Å². The van der Waals surface area contributed by atoms with Crippen LogP contribution in [0.3, 0.4) is 0 Å². The monoisotopic (exact) mass is 239 g/mol. The van der Waals surface area contributed by atoms with Gasteiger partial charge in [0.25, 0.3) is 0 Å². The van der Waals surface area contributed by atoms with Gasteiger partial charge in [0.15, 0.2) is 5.78 Å². The molecular formula is C12H14ClNO2. The second-order valence-corrected chi connectivity index (χ2v) is 3.78. The molecule has 1 unspecified atom stereocenters. The van der Waals surface area contributed by atoms with Crippen LogP contribution in [-0.2, 0) is 0 Å². The Balaban J connectivity index is 3.05. The molecule has 16 heavy (non-hydrogen) atoms. The highest BCUT2D eigenvalue weighted by molar-refractivity contribution is 6.31. The summed E-state index contributed by atoms with van der Waals surface area (Å²) in [7, 11) is 1.50. The molecule has 1 aromatic carbocycles. The van der Waals surface area contributed by atoms with Crippen molar-refractivity contribution in [3.8, 4) is 5.75 Å². The van der Waals surface area contributed by atoms with Gasteiger partial charge in [-0.2, -0.15) is 0 Å². The van der Waals surface area contributed by atoms with Crippen LogP contribution in [0.15, 0.2) is 30.9 Å². The maximum Gasteiger partial charge on any atom is 0.183 e. The van der Waals surface area contributed by atoms with E-state index in [-0.39, 0.29) is 5.78 Å². The number of ketones is 1. The molecule has 0 aliphatic rings. The summed E-state index contributed by atoms with van der Waals surface area (Å²) in [5, 5.41) is 0.481. The highest BCUT2D eigenvalue weighted by Crippen LogP contribution is 2.24. The summed E-state index contributed by atoms with van der Waals surface area (Å²) in [5.74, 6) is 0.285. The second kappa shape index (κ2) is 5.68. The van der Waals surface area contributed by atoms with Crippen molar-refractivity contribution >= 4 is 17.4 Å². The number of ether oxygens (including phenoxy) is 1. The molecule has 3 nitrogen and oxygen atoms in total. The van der Waals surface area contributed by atoms with E-state index in [2.05, 4.69) is 6.58 Å². The predicted molar refractivity (Wildman–Crippen MR) is 65.1 cm³/mol. The molecule has 1 rings (SSSR count). The van der Waals surface area contributed by atoms with Gasteiger partial charge in [-0.1, -0.05) is 17.7 Å². The number of benzene rings is 1. The van der Waals surface area contributed by atoms with Gasteiger partial charge in [-0.3, -0.25) is 4.79 Å². The fourth-order valence-electron chi connectivity index (χ4n) is 1.36. The molecule has 0 aromatic heterocycles. The summed E-state index contributed by atoms with van der Waals surface area (Å²) >= 11 is 5.83. The first-order valence-corrected chi connectivity index (χ1v) is 5.22. The van der Waals surface area contributed by atoms with Crippen molar-refractivity contribution in [2.45, 2.75) is 12.5 Å². The minimum Gasteiger partial charge on any atom is -0.496 e. The lowest BCUT2D eigenvalue weighted by Gasteiger charge is -2.11. The van der Waals surface area contributed by atoms with Crippen LogP contribution >= 0.6 is 11.6 Å². The lowest BCUT2D eigenvalue weighted by Crippen LogP contribution is -2.30. The van der Waals surface area contributed by atoms with Crippen molar-refractivity contribution in [3.63, 3.8) is 0 Å². The minimum absolute atomic E-state index is 0.195. The zero-order chi connectivity index (χ0) is 12.1. The van der Waals surface area contributed by atoms with E-state index in [1.807, 2.05) is 0 Å². The van der Waals surface area contributed by atoms with Gasteiger partial charge in [-0.15, -0.1) is 6.58 Å². The lowest BCUT2D eigenvalue weighted by molar-refractivity contribution is 0.0959. The first kappa shape index (κ1) is 12.7. The van der Waals surface area contributed by atoms with Gasteiger partial charge in [0.2, 0.25) is 0 Å². The van der Waals surface area contributed by atoms with Gasteiger partial charge in [-0.05, 0) is 24.6 Å². The summed E-state index contributed by atoms with van der Waals surface area (Å²) in [6.45, 7) is 3.55. The zero-order valence-corrected chi connectivity index (χ0v) is 9.83. The van der Waals surface area contributed by atoms with Crippen LogP contribution in [0.5, 0.6) is 5.75 Å². The van der Waals surface area contributed by atoms with Gasteiger partial charge in [0.05, 0.1) is 18.7 Å². The Morgan fingerprint density at radius 1 is 1.69 bits per heavy atom. The van der Waals surface area contributed by atoms with Gasteiger partial charge < -0.3 is 10.5 Å². The second-order valence-electron chi connectivity index (χ2n) is 3.34. The first-order chi connectivity index (χ1) is 7.60. The number of carbonyl (C=O) groups is 1. The number of hydrogen-bond donors (Lipinski definition) is 1. The number of Topliss-reactive ketones (excluding diaryl/α,β-unsaturated/α-hetero) is 1. The quantitative estimate of drug-likeness (QED) is 0.634. The molecule has 0 heterocycles. The Labute approximate surface area is 99.8 Å². The third-order valence-electron chi connectivity index (χ3n) is 2.18. The number of methoxy groups -OCH3 is 1. The maximum absolute atomic E-state index is 12.0. The zero-order valence-electron chi connectivity index (χ0n) is 9.07. The van der Waals surface area contributed by atoms with Crippen LogP contribution in [0, 0.1) is 0 Å². The number of rotatable bonds is 5. The van der Waals surface area contributed by atoms with Gasteiger partial charge in [0.1, 0.15) is 5.75 Å². The van der Waals surface area contributed by atoms with E-state index in [1.165, 1.54) is 7.11 Å². The summed E-state index contributed by atoms with van der Waals surface area (Å²) in [4.78, 5) is 12.0. The van der Waals surface area contributed by atoms with E-state index < -0.39 is 6.04 Å². The predicted octanol–water partition coefficient (Wildman–Crippen LogP) is 2.43. The molecule has 0 bridgehead atoms. The first-order valence-electron chi connectivity index (χ1n) is 4.84. The molecule has 0 saturated heterocycles. The third kappa shape index (κ3) is 2.84. The molecule has 1 aromatic rings. The summed E-state index contributed by atoms with van der Waals surface area (Å²) in [6.07, 6.45) is 2.04. The molecule has 0 saturated carbocycles. The third-order valence-corrected chi connectivity index (χ3v) is 2.42. The SMILES string of the molecule is C=CCC(N)C(=O)c1cc(Cl)ccc1OC. The van der Waals surface area contributed by atoms with Crippen LogP contribution < -0.4 is 10.5 Å². The largest absolute Gasteiger partial charge is 0.496 e. The van der Waals surface area contributed by atoms with Crippen LogP contribution in [0.2, 0.25) is 5.02 Å². The summed E-state index contributed by atoms with van der Waals surface area (Å²) < 4.78 is 5.09. The van der Waals surface area contributed by atoms with Crippen molar-refractivity contribution in [1.82, 2.24) is 0 Å². The van der Waals surface area contributed by atoms with Crippen LogP contribution in [0.1, 0.15) is 16.8 Å². The van der Waals surface area contributed by atoms with Crippen molar-refractivity contribution in [2.24, 2.45) is 5.73 Å². The van der Waals surface area contributed by atoms with E-state index >= 15 is 0 Å². The van der Waals surface area contributed by atoms with E-state index in [9.17, 15) is 4.79 Å². The molecule has 0 amide bonds. The Morgan fingerprint density at radius 3 is 2.94 bits per heavy atom. The molecule has 4 heteroatoms. The van der Waals surface area contributed by atoms with Gasteiger partial charge in [0, 0.05) is 5.02 Å². The minimum atomic E-state index is -0.607. The molecular weight excluding hydrogens is 226 g/mol. The van der Waals surface area contributed by atoms with Crippen LogP contribution in [-0.4, -0.2) is 18.9 Å². The molecule has 0 radical (unpaired) electrons.